The fourth-order valence-electron chi connectivity index (χ4n) is 1.56. The molecule has 0 aliphatic carbocycles. The van der Waals surface area contributed by atoms with Crippen LogP contribution in [0, 0.1) is 5.82 Å². The molecule has 2 heterocycles. The third-order valence-corrected chi connectivity index (χ3v) is 2.88. The Bertz CT molecular complexity index is 341. The van der Waals surface area contributed by atoms with Crippen molar-refractivity contribution in [2.45, 2.75) is 19.3 Å². The van der Waals surface area contributed by atoms with Crippen LogP contribution in [-0.4, -0.2) is 11.5 Å². The van der Waals surface area contributed by atoms with Gasteiger partial charge in [0.05, 0.1) is 11.4 Å². The van der Waals surface area contributed by atoms with Crippen molar-refractivity contribution < 1.29 is 4.39 Å². The fourth-order valence-corrected chi connectivity index (χ4v) is 1.86. The molecule has 0 bridgehead atoms. The van der Waals surface area contributed by atoms with Crippen LogP contribution in [0.5, 0.6) is 0 Å². The Labute approximate surface area is 84.7 Å². The van der Waals surface area contributed by atoms with E-state index in [1.54, 1.807) is 0 Å². The first-order valence-electron chi connectivity index (χ1n) is 4.28. The lowest BCUT2D eigenvalue weighted by Crippen LogP contribution is -2.16. The van der Waals surface area contributed by atoms with Crippen molar-refractivity contribution in [2.24, 2.45) is 0 Å². The van der Waals surface area contributed by atoms with Crippen LogP contribution in [0.4, 0.5) is 10.1 Å². The minimum absolute atomic E-state index is 0.305. The van der Waals surface area contributed by atoms with Gasteiger partial charge in [-0.3, -0.25) is 0 Å². The van der Waals surface area contributed by atoms with Gasteiger partial charge in [0.15, 0.2) is 5.82 Å². The van der Waals surface area contributed by atoms with Crippen molar-refractivity contribution >= 4 is 21.6 Å². The Balaban J connectivity index is 2.52. The molecule has 1 aromatic heterocycles. The quantitative estimate of drug-likeness (QED) is 0.711. The number of hydrogen-bond donors (Lipinski definition) is 1. The summed E-state index contributed by atoms with van der Waals surface area (Å²) in [4.78, 5) is 4.17. The maximum atomic E-state index is 13.1. The largest absolute Gasteiger partial charge is 0.383 e. The van der Waals surface area contributed by atoms with Gasteiger partial charge in [-0.1, -0.05) is 6.92 Å². The van der Waals surface area contributed by atoms with Crippen molar-refractivity contribution in [2.75, 3.05) is 11.9 Å². The first-order chi connectivity index (χ1) is 6.18. The number of anilines is 1. The smallest absolute Gasteiger partial charge is 0.158 e. The predicted molar refractivity (Wildman–Crippen MR) is 53.4 cm³/mol. The highest BCUT2D eigenvalue weighted by atomic mass is 79.9. The molecule has 13 heavy (non-hydrogen) atoms. The lowest BCUT2D eigenvalue weighted by molar-refractivity contribution is 0.596. The van der Waals surface area contributed by atoms with E-state index in [4.69, 9.17) is 0 Å². The van der Waals surface area contributed by atoms with Crippen LogP contribution >= 0.6 is 15.9 Å². The Kier molecular flexibility index (Phi) is 2.24. The number of pyridine rings is 1. The van der Waals surface area contributed by atoms with Crippen LogP contribution in [0.3, 0.4) is 0 Å². The third-order valence-electron chi connectivity index (χ3n) is 2.32. The monoisotopic (exact) mass is 244 g/mol. The lowest BCUT2D eigenvalue weighted by atomic mass is 9.98. The van der Waals surface area contributed by atoms with E-state index in [0.29, 0.717) is 10.5 Å². The highest BCUT2D eigenvalue weighted by Gasteiger charge is 2.19. The van der Waals surface area contributed by atoms with E-state index in [9.17, 15) is 4.39 Å². The lowest BCUT2D eigenvalue weighted by Gasteiger charge is -2.22. The van der Waals surface area contributed by atoms with Crippen molar-refractivity contribution in [3.05, 3.63) is 22.2 Å². The summed E-state index contributed by atoms with van der Waals surface area (Å²) in [7, 11) is 0. The number of aromatic nitrogens is 1. The average molecular weight is 245 g/mol. The zero-order chi connectivity index (χ0) is 9.42. The summed E-state index contributed by atoms with van der Waals surface area (Å²) in [6.07, 6.45) is 1.05. The van der Waals surface area contributed by atoms with Crippen LogP contribution in [0.25, 0.3) is 0 Å². The third kappa shape index (κ3) is 1.55. The van der Waals surface area contributed by atoms with Crippen LogP contribution in [0.1, 0.15) is 25.0 Å². The fraction of sp³-hybridized carbons (Fsp3) is 0.444. The summed E-state index contributed by atoms with van der Waals surface area (Å²) in [6, 6.07) is 1.50. The van der Waals surface area contributed by atoms with E-state index in [2.05, 4.69) is 33.2 Å². The molecule has 0 saturated carbocycles. The summed E-state index contributed by atoms with van der Waals surface area (Å²) in [5.41, 5.74) is 1.79. The molecule has 4 heteroatoms. The van der Waals surface area contributed by atoms with Gasteiger partial charge in [0.25, 0.3) is 0 Å². The molecule has 1 aromatic rings. The van der Waals surface area contributed by atoms with E-state index >= 15 is 0 Å². The summed E-state index contributed by atoms with van der Waals surface area (Å²) in [5, 5.41) is 3.14. The highest BCUT2D eigenvalue weighted by molar-refractivity contribution is 9.10. The van der Waals surface area contributed by atoms with Crippen LogP contribution < -0.4 is 5.32 Å². The topological polar surface area (TPSA) is 24.9 Å². The molecule has 0 spiro atoms. The number of nitrogens with zero attached hydrogens (tertiary/aromatic N) is 1. The average Bonchev–Trinajstić information content (AvgIpc) is 2.09. The maximum absolute atomic E-state index is 13.1. The number of nitrogens with one attached hydrogen (secondary N) is 1. The second kappa shape index (κ2) is 3.25. The molecule has 1 N–H and O–H groups in total. The van der Waals surface area contributed by atoms with E-state index in [0.717, 1.165) is 24.3 Å². The van der Waals surface area contributed by atoms with Gasteiger partial charge in [-0.15, -0.1) is 0 Å². The van der Waals surface area contributed by atoms with E-state index in [-0.39, 0.29) is 5.82 Å². The van der Waals surface area contributed by atoms with Crippen LogP contribution in [-0.2, 0) is 0 Å². The first-order valence-corrected chi connectivity index (χ1v) is 5.07. The summed E-state index contributed by atoms with van der Waals surface area (Å²) >= 11 is 3.09. The number of rotatable bonds is 0. The highest BCUT2D eigenvalue weighted by Crippen LogP contribution is 2.31. The molecule has 0 fully saturated rings. The van der Waals surface area contributed by atoms with E-state index in [1.807, 2.05) is 0 Å². The Morgan fingerprint density at radius 3 is 3.23 bits per heavy atom. The van der Waals surface area contributed by atoms with E-state index in [1.165, 1.54) is 6.07 Å². The van der Waals surface area contributed by atoms with Crippen molar-refractivity contribution in [3.8, 4) is 0 Å². The van der Waals surface area contributed by atoms with Gasteiger partial charge in [-0.2, -0.15) is 0 Å². The minimum Gasteiger partial charge on any atom is -0.383 e. The van der Waals surface area contributed by atoms with E-state index < -0.39 is 0 Å². The Morgan fingerprint density at radius 1 is 1.69 bits per heavy atom. The van der Waals surface area contributed by atoms with Crippen molar-refractivity contribution in [3.63, 3.8) is 0 Å². The molecule has 0 saturated heterocycles. The second-order valence-corrected chi connectivity index (χ2v) is 4.06. The Morgan fingerprint density at radius 2 is 2.46 bits per heavy atom. The molecular weight excluding hydrogens is 235 g/mol. The molecule has 0 amide bonds. The normalized spacial score (nSPS) is 20.7. The van der Waals surface area contributed by atoms with Crippen molar-refractivity contribution in [1.82, 2.24) is 4.98 Å². The molecule has 2 nitrogen and oxygen atoms in total. The maximum Gasteiger partial charge on any atom is 0.158 e. The number of halogens is 2. The molecule has 70 valence electrons. The molecule has 0 aromatic carbocycles. The molecule has 0 radical (unpaired) electrons. The van der Waals surface area contributed by atoms with Gasteiger partial charge in [-0.05, 0) is 22.4 Å². The molecule has 1 atom stereocenters. The SMILES string of the molecule is CC1CCNc2cc(F)c(Br)nc21. The van der Waals surface area contributed by atoms with Crippen LogP contribution in [0.2, 0.25) is 0 Å². The molecular formula is C9H10BrFN2. The van der Waals surface area contributed by atoms with Gasteiger partial charge >= 0.3 is 0 Å². The van der Waals surface area contributed by atoms with Gasteiger partial charge in [0.2, 0.25) is 0 Å². The molecule has 1 aliphatic rings. The van der Waals surface area contributed by atoms with Gasteiger partial charge in [0.1, 0.15) is 4.60 Å². The van der Waals surface area contributed by atoms with Gasteiger partial charge in [0, 0.05) is 18.5 Å². The predicted octanol–water partition coefficient (Wildman–Crippen LogP) is 2.90. The zero-order valence-electron chi connectivity index (χ0n) is 7.27. The molecule has 1 aliphatic heterocycles. The van der Waals surface area contributed by atoms with Crippen molar-refractivity contribution in [1.29, 1.82) is 0 Å². The number of fused-ring (bicyclic) bond motifs is 1. The summed E-state index contributed by atoms with van der Waals surface area (Å²) in [5.74, 6) is 0.105. The molecule has 2 rings (SSSR count). The number of hydrogen-bond acceptors (Lipinski definition) is 2. The second-order valence-electron chi connectivity index (χ2n) is 3.31. The Hall–Kier alpha value is -0.640. The first kappa shape index (κ1) is 8.94. The van der Waals surface area contributed by atoms with Gasteiger partial charge < -0.3 is 5.32 Å². The summed E-state index contributed by atoms with van der Waals surface area (Å²) in [6.45, 7) is 3.01. The van der Waals surface area contributed by atoms with Gasteiger partial charge in [-0.25, -0.2) is 9.37 Å². The van der Waals surface area contributed by atoms with Crippen LogP contribution in [0.15, 0.2) is 10.7 Å². The molecule has 1 unspecified atom stereocenters. The minimum atomic E-state index is -0.305. The standard InChI is InChI=1S/C9H10BrFN2/c1-5-2-3-12-7-4-6(11)9(10)13-8(5)7/h4-5,12H,2-3H2,1H3. The summed E-state index contributed by atoms with van der Waals surface area (Å²) < 4.78 is 13.4. The zero-order valence-corrected chi connectivity index (χ0v) is 8.86.